The van der Waals surface area contributed by atoms with E-state index in [4.69, 9.17) is 4.99 Å². The monoisotopic (exact) mass is 472 g/mol. The van der Waals surface area contributed by atoms with Crippen molar-refractivity contribution in [3.05, 3.63) is 102 Å². The van der Waals surface area contributed by atoms with Gasteiger partial charge in [0.2, 0.25) is 0 Å². The number of anilines is 1. The highest BCUT2D eigenvalue weighted by Gasteiger charge is 2.53. The first kappa shape index (κ1) is 20.8. The van der Waals surface area contributed by atoms with Gasteiger partial charge >= 0.3 is 0 Å². The van der Waals surface area contributed by atoms with Crippen molar-refractivity contribution in [2.45, 2.75) is 24.4 Å². The van der Waals surface area contributed by atoms with Gasteiger partial charge in [0, 0.05) is 17.2 Å². The molecular formula is C26H24N4OS2. The molecule has 0 spiro atoms. The SMILES string of the molecule is OC1(CSC2=NCc3ccccc3N2)CSC2=NC(c3ccccc3)C(c3ccccc3)N21. The normalized spacial score (nSPS) is 25.7. The van der Waals surface area contributed by atoms with E-state index in [2.05, 4.69) is 75.9 Å². The Kier molecular flexibility index (Phi) is 5.40. The molecule has 0 aromatic heterocycles. The second-order valence-electron chi connectivity index (χ2n) is 8.46. The minimum Gasteiger partial charge on any atom is -0.369 e. The van der Waals surface area contributed by atoms with Crippen LogP contribution < -0.4 is 5.32 Å². The fourth-order valence-corrected chi connectivity index (χ4v) is 6.95. The van der Waals surface area contributed by atoms with Crippen molar-refractivity contribution in [3.8, 4) is 0 Å². The Labute approximate surface area is 202 Å². The van der Waals surface area contributed by atoms with Gasteiger partial charge in [0.25, 0.3) is 0 Å². The van der Waals surface area contributed by atoms with E-state index in [1.54, 1.807) is 23.5 Å². The summed E-state index contributed by atoms with van der Waals surface area (Å²) in [4.78, 5) is 11.9. The van der Waals surface area contributed by atoms with E-state index in [-0.39, 0.29) is 12.1 Å². The predicted octanol–water partition coefficient (Wildman–Crippen LogP) is 5.29. The van der Waals surface area contributed by atoms with Gasteiger partial charge in [-0.25, -0.2) is 0 Å². The number of hydrogen-bond donors (Lipinski definition) is 2. The standard InChI is InChI=1S/C26H24N4OS2/c31-26(16-32-24-27-15-20-13-7-8-14-21(20)28-24)17-33-25-29-22(18-9-3-1-4-10-18)23(30(25)26)19-11-5-2-6-12-19/h1-14,22-23,31H,15-17H2,(H,27,28). The number of nitrogens with zero attached hydrogens (tertiary/aromatic N) is 3. The molecule has 5 nitrogen and oxygen atoms in total. The van der Waals surface area contributed by atoms with E-state index in [0.717, 1.165) is 21.6 Å². The number of rotatable bonds is 4. The molecular weight excluding hydrogens is 448 g/mol. The third-order valence-corrected chi connectivity index (χ3v) is 8.57. The molecule has 0 radical (unpaired) electrons. The zero-order chi connectivity index (χ0) is 22.3. The minimum atomic E-state index is -1.01. The topological polar surface area (TPSA) is 60.2 Å². The third kappa shape index (κ3) is 3.84. The van der Waals surface area contributed by atoms with Crippen molar-refractivity contribution >= 4 is 39.5 Å². The Morgan fingerprint density at radius 1 is 0.970 bits per heavy atom. The average molecular weight is 473 g/mol. The summed E-state index contributed by atoms with van der Waals surface area (Å²) in [6.45, 7) is 0.665. The molecule has 0 amide bonds. The molecule has 6 rings (SSSR count). The van der Waals surface area contributed by atoms with Crippen LogP contribution in [0.4, 0.5) is 5.69 Å². The first-order chi connectivity index (χ1) is 16.2. The smallest absolute Gasteiger partial charge is 0.162 e. The minimum absolute atomic E-state index is 0.0498. The Hall–Kier alpha value is -2.74. The molecule has 33 heavy (non-hydrogen) atoms. The molecule has 3 heterocycles. The third-order valence-electron chi connectivity index (χ3n) is 6.29. The van der Waals surface area contributed by atoms with Gasteiger partial charge in [0.1, 0.15) is 6.04 Å². The van der Waals surface area contributed by atoms with Crippen LogP contribution in [0.5, 0.6) is 0 Å². The van der Waals surface area contributed by atoms with E-state index in [1.165, 1.54) is 11.1 Å². The summed E-state index contributed by atoms with van der Waals surface area (Å²) in [5.74, 6) is 1.10. The Balaban J connectivity index is 1.28. The first-order valence-corrected chi connectivity index (χ1v) is 13.0. The highest BCUT2D eigenvalue weighted by Crippen LogP contribution is 2.51. The fraction of sp³-hybridized carbons (Fsp3) is 0.231. The zero-order valence-electron chi connectivity index (χ0n) is 18.0. The number of fused-ring (bicyclic) bond motifs is 2. The van der Waals surface area contributed by atoms with Gasteiger partial charge in [-0.2, -0.15) is 0 Å². The number of aliphatic hydroxyl groups is 1. The molecule has 7 heteroatoms. The highest BCUT2D eigenvalue weighted by molar-refractivity contribution is 8.15. The summed E-state index contributed by atoms with van der Waals surface area (Å²) in [6, 6.07) is 29.0. The van der Waals surface area contributed by atoms with E-state index < -0.39 is 5.72 Å². The number of thioether (sulfide) groups is 2. The Morgan fingerprint density at radius 3 is 2.45 bits per heavy atom. The number of aliphatic imine (C=N–C) groups is 2. The largest absolute Gasteiger partial charge is 0.369 e. The van der Waals surface area contributed by atoms with Crippen LogP contribution in [0.15, 0.2) is 94.9 Å². The molecule has 3 atom stereocenters. The second kappa shape index (κ2) is 8.56. The van der Waals surface area contributed by atoms with E-state index >= 15 is 0 Å². The molecule has 1 fully saturated rings. The number of nitrogens with one attached hydrogen (secondary N) is 1. The van der Waals surface area contributed by atoms with Crippen LogP contribution in [-0.4, -0.2) is 37.6 Å². The second-order valence-corrected chi connectivity index (χ2v) is 10.4. The molecule has 2 N–H and O–H groups in total. The average Bonchev–Trinajstić information content (AvgIpc) is 3.42. The lowest BCUT2D eigenvalue weighted by Gasteiger charge is -2.38. The van der Waals surface area contributed by atoms with E-state index in [0.29, 0.717) is 18.1 Å². The predicted molar refractivity (Wildman–Crippen MR) is 139 cm³/mol. The summed E-state index contributed by atoms with van der Waals surface area (Å²) >= 11 is 3.22. The lowest BCUT2D eigenvalue weighted by Crippen LogP contribution is -2.50. The van der Waals surface area contributed by atoms with Gasteiger partial charge in [-0.1, -0.05) is 102 Å². The molecule has 3 aliphatic rings. The number of para-hydroxylation sites is 1. The van der Waals surface area contributed by atoms with E-state index in [1.807, 2.05) is 24.3 Å². The van der Waals surface area contributed by atoms with Crippen molar-refractivity contribution < 1.29 is 5.11 Å². The summed E-state index contributed by atoms with van der Waals surface area (Å²) in [5.41, 5.74) is 3.61. The molecule has 1 saturated heterocycles. The van der Waals surface area contributed by atoms with Gasteiger partial charge in [0.15, 0.2) is 16.1 Å². The van der Waals surface area contributed by atoms with Crippen molar-refractivity contribution in [2.75, 3.05) is 16.8 Å². The summed E-state index contributed by atoms with van der Waals surface area (Å²) in [5, 5.41) is 17.1. The maximum absolute atomic E-state index is 11.9. The number of benzene rings is 3. The molecule has 3 unspecified atom stereocenters. The number of hydrogen-bond acceptors (Lipinski definition) is 7. The van der Waals surface area contributed by atoms with Crippen LogP contribution in [0, 0.1) is 0 Å². The van der Waals surface area contributed by atoms with Crippen LogP contribution >= 0.6 is 23.5 Å². The van der Waals surface area contributed by atoms with Gasteiger partial charge in [-0.15, -0.1) is 0 Å². The van der Waals surface area contributed by atoms with Crippen molar-refractivity contribution in [3.63, 3.8) is 0 Å². The van der Waals surface area contributed by atoms with Crippen molar-refractivity contribution in [1.29, 1.82) is 0 Å². The summed E-state index contributed by atoms with van der Waals surface area (Å²) in [6.07, 6.45) is 0. The molecule has 0 saturated carbocycles. The first-order valence-electron chi connectivity index (χ1n) is 11.1. The van der Waals surface area contributed by atoms with Crippen molar-refractivity contribution in [1.82, 2.24) is 4.90 Å². The Bertz CT molecular complexity index is 1220. The van der Waals surface area contributed by atoms with Gasteiger partial charge < -0.3 is 15.3 Å². The molecule has 166 valence electrons. The molecule has 0 aliphatic carbocycles. The maximum Gasteiger partial charge on any atom is 0.162 e. The quantitative estimate of drug-likeness (QED) is 0.540. The Morgan fingerprint density at radius 2 is 1.67 bits per heavy atom. The lowest BCUT2D eigenvalue weighted by atomic mass is 9.93. The van der Waals surface area contributed by atoms with Crippen LogP contribution in [0.1, 0.15) is 28.8 Å². The zero-order valence-corrected chi connectivity index (χ0v) is 19.6. The summed E-state index contributed by atoms with van der Waals surface area (Å²) in [7, 11) is 0. The number of amidine groups is 2. The molecule has 0 bridgehead atoms. The van der Waals surface area contributed by atoms with Crippen LogP contribution in [-0.2, 0) is 6.54 Å². The van der Waals surface area contributed by atoms with Crippen molar-refractivity contribution in [2.24, 2.45) is 9.98 Å². The van der Waals surface area contributed by atoms with Gasteiger partial charge in [-0.3, -0.25) is 9.98 Å². The summed E-state index contributed by atoms with van der Waals surface area (Å²) < 4.78 is 0. The molecule has 3 aromatic carbocycles. The van der Waals surface area contributed by atoms with Crippen LogP contribution in [0.2, 0.25) is 0 Å². The van der Waals surface area contributed by atoms with E-state index in [9.17, 15) is 5.11 Å². The fourth-order valence-electron chi connectivity index (χ4n) is 4.66. The highest BCUT2D eigenvalue weighted by atomic mass is 32.2. The lowest BCUT2D eigenvalue weighted by molar-refractivity contribution is -0.0393. The van der Waals surface area contributed by atoms with Gasteiger partial charge in [0.05, 0.1) is 12.6 Å². The van der Waals surface area contributed by atoms with Crippen LogP contribution in [0.3, 0.4) is 0 Å². The van der Waals surface area contributed by atoms with Gasteiger partial charge in [-0.05, 0) is 22.8 Å². The molecule has 3 aromatic rings. The van der Waals surface area contributed by atoms with Crippen LogP contribution in [0.25, 0.3) is 0 Å². The molecule has 3 aliphatic heterocycles. The maximum atomic E-state index is 11.9.